The maximum Gasteiger partial charge on any atom is 0.234 e. The summed E-state index contributed by atoms with van der Waals surface area (Å²) in [6.07, 6.45) is 3.57. The van der Waals surface area contributed by atoms with E-state index < -0.39 is 0 Å². The molecule has 1 saturated heterocycles. The first kappa shape index (κ1) is 17.5. The monoisotopic (exact) mass is 382 g/mol. The van der Waals surface area contributed by atoms with Gasteiger partial charge in [0.1, 0.15) is 5.01 Å². The van der Waals surface area contributed by atoms with Gasteiger partial charge in [-0.1, -0.05) is 40.8 Å². The van der Waals surface area contributed by atoms with Crippen molar-refractivity contribution in [1.29, 1.82) is 0 Å². The molecule has 1 fully saturated rings. The van der Waals surface area contributed by atoms with Crippen LogP contribution in [0.1, 0.15) is 24.3 Å². The first-order valence-corrected chi connectivity index (χ1v) is 10.1. The first-order chi connectivity index (χ1) is 11.6. The third kappa shape index (κ3) is 4.40. The van der Waals surface area contributed by atoms with Crippen molar-refractivity contribution in [2.45, 2.75) is 30.5 Å². The predicted octanol–water partition coefficient (Wildman–Crippen LogP) is 4.22. The van der Waals surface area contributed by atoms with E-state index in [0.717, 1.165) is 46.7 Å². The average molecular weight is 383 g/mol. The number of nitrogens with zero attached hydrogens (tertiary/aromatic N) is 3. The fourth-order valence-corrected chi connectivity index (χ4v) is 4.62. The number of benzene rings is 1. The molecule has 0 bridgehead atoms. The third-order valence-electron chi connectivity index (χ3n) is 3.77. The number of thioether (sulfide) groups is 1. The van der Waals surface area contributed by atoms with Crippen LogP contribution in [-0.4, -0.2) is 34.9 Å². The van der Waals surface area contributed by atoms with E-state index in [0.29, 0.717) is 10.8 Å². The highest BCUT2D eigenvalue weighted by molar-refractivity contribution is 8.01. The van der Waals surface area contributed by atoms with Crippen LogP contribution < -0.4 is 10.2 Å². The number of rotatable bonds is 5. The van der Waals surface area contributed by atoms with Gasteiger partial charge in [0.15, 0.2) is 4.34 Å². The van der Waals surface area contributed by atoms with Gasteiger partial charge in [0.05, 0.1) is 22.2 Å². The number of carbonyl (C=O) groups is 1. The third-order valence-corrected chi connectivity index (χ3v) is 6.04. The molecule has 8 heteroatoms. The van der Waals surface area contributed by atoms with Crippen molar-refractivity contribution < 1.29 is 4.79 Å². The Labute approximate surface area is 154 Å². The summed E-state index contributed by atoms with van der Waals surface area (Å²) in [7, 11) is 0. The molecule has 1 aliphatic heterocycles. The summed E-state index contributed by atoms with van der Waals surface area (Å²) >= 11 is 9.30. The van der Waals surface area contributed by atoms with Crippen molar-refractivity contribution in [2.24, 2.45) is 0 Å². The van der Waals surface area contributed by atoms with Gasteiger partial charge in [-0.2, -0.15) is 0 Å². The molecule has 0 atom stereocenters. The van der Waals surface area contributed by atoms with Crippen molar-refractivity contribution >= 4 is 52.0 Å². The SMILES string of the molecule is Cc1nnc(SCC(=O)Nc2cccc(Cl)c2N2CCCCC2)s1. The number of aromatic nitrogens is 2. The second-order valence-corrected chi connectivity index (χ2v) is 8.42. The molecular formula is C16H19ClN4OS2. The van der Waals surface area contributed by atoms with Crippen LogP contribution in [0.25, 0.3) is 0 Å². The lowest BCUT2D eigenvalue weighted by molar-refractivity contribution is -0.113. The van der Waals surface area contributed by atoms with Crippen molar-refractivity contribution in [2.75, 3.05) is 29.1 Å². The summed E-state index contributed by atoms with van der Waals surface area (Å²) in [5.41, 5.74) is 1.72. The average Bonchev–Trinajstić information content (AvgIpc) is 2.99. The number of hydrogen-bond donors (Lipinski definition) is 1. The molecule has 1 N–H and O–H groups in total. The van der Waals surface area contributed by atoms with Gasteiger partial charge in [-0.15, -0.1) is 10.2 Å². The number of piperidine rings is 1. The van der Waals surface area contributed by atoms with Gasteiger partial charge in [-0.25, -0.2) is 0 Å². The number of amides is 1. The lowest BCUT2D eigenvalue weighted by Gasteiger charge is -2.31. The zero-order valence-corrected chi connectivity index (χ0v) is 15.8. The first-order valence-electron chi connectivity index (χ1n) is 7.90. The second-order valence-electron chi connectivity index (χ2n) is 5.61. The Morgan fingerprint density at radius 3 is 2.83 bits per heavy atom. The smallest absolute Gasteiger partial charge is 0.234 e. The Bertz CT molecular complexity index is 716. The van der Waals surface area contributed by atoms with Crippen molar-refractivity contribution in [1.82, 2.24) is 10.2 Å². The minimum absolute atomic E-state index is 0.0617. The Kier molecular flexibility index (Phi) is 5.97. The summed E-state index contributed by atoms with van der Waals surface area (Å²) in [4.78, 5) is 14.6. The molecule has 24 heavy (non-hydrogen) atoms. The van der Waals surface area contributed by atoms with E-state index in [4.69, 9.17) is 11.6 Å². The van der Waals surface area contributed by atoms with Crippen LogP contribution >= 0.6 is 34.7 Å². The summed E-state index contributed by atoms with van der Waals surface area (Å²) in [5.74, 6) is 0.244. The van der Waals surface area contributed by atoms with Crippen LogP contribution in [0.4, 0.5) is 11.4 Å². The van der Waals surface area contributed by atoms with E-state index in [9.17, 15) is 4.79 Å². The highest BCUT2D eigenvalue weighted by Gasteiger charge is 2.19. The van der Waals surface area contributed by atoms with Gasteiger partial charge >= 0.3 is 0 Å². The van der Waals surface area contributed by atoms with E-state index in [-0.39, 0.29) is 5.91 Å². The van der Waals surface area contributed by atoms with Crippen LogP contribution in [0, 0.1) is 6.92 Å². The lowest BCUT2D eigenvalue weighted by Crippen LogP contribution is -2.30. The maximum absolute atomic E-state index is 12.3. The molecule has 0 aliphatic carbocycles. The fraction of sp³-hybridized carbons (Fsp3) is 0.438. The maximum atomic E-state index is 12.3. The predicted molar refractivity (Wildman–Crippen MR) is 102 cm³/mol. The van der Waals surface area contributed by atoms with Gasteiger partial charge in [0, 0.05) is 13.1 Å². The summed E-state index contributed by atoms with van der Waals surface area (Å²) in [5, 5.41) is 12.6. The molecule has 2 aromatic rings. The van der Waals surface area contributed by atoms with E-state index in [1.54, 1.807) is 0 Å². The minimum atomic E-state index is -0.0617. The molecule has 0 radical (unpaired) electrons. The van der Waals surface area contributed by atoms with Gasteiger partial charge in [0.25, 0.3) is 0 Å². The summed E-state index contributed by atoms with van der Waals surface area (Å²) in [6.45, 7) is 3.86. The standard InChI is InChI=1S/C16H19ClN4OS2/c1-11-19-20-16(24-11)23-10-14(22)18-13-7-5-6-12(17)15(13)21-8-3-2-4-9-21/h5-7H,2-4,8-10H2,1H3,(H,18,22). The minimum Gasteiger partial charge on any atom is -0.369 e. The number of nitrogens with one attached hydrogen (secondary N) is 1. The summed E-state index contributed by atoms with van der Waals surface area (Å²) in [6, 6.07) is 5.65. The molecule has 0 spiro atoms. The highest BCUT2D eigenvalue weighted by atomic mass is 35.5. The van der Waals surface area contributed by atoms with Crippen LogP contribution in [0.3, 0.4) is 0 Å². The van der Waals surface area contributed by atoms with Gasteiger partial charge in [-0.3, -0.25) is 4.79 Å². The van der Waals surface area contributed by atoms with Gasteiger partial charge in [-0.05, 0) is 38.3 Å². The normalized spacial score (nSPS) is 14.7. The quantitative estimate of drug-likeness (QED) is 0.784. The van der Waals surface area contributed by atoms with Crippen LogP contribution in [-0.2, 0) is 4.79 Å². The van der Waals surface area contributed by atoms with E-state index in [1.807, 2.05) is 25.1 Å². The molecule has 0 saturated carbocycles. The van der Waals surface area contributed by atoms with Crippen molar-refractivity contribution in [3.8, 4) is 0 Å². The Morgan fingerprint density at radius 2 is 2.12 bits per heavy atom. The number of hydrogen-bond acceptors (Lipinski definition) is 6. The summed E-state index contributed by atoms with van der Waals surface area (Å²) < 4.78 is 0.810. The van der Waals surface area contributed by atoms with Gasteiger partial charge in [0.2, 0.25) is 5.91 Å². The number of para-hydroxylation sites is 1. The van der Waals surface area contributed by atoms with Crippen LogP contribution in [0.2, 0.25) is 5.02 Å². The molecule has 1 aliphatic rings. The van der Waals surface area contributed by atoms with E-state index in [2.05, 4.69) is 20.4 Å². The van der Waals surface area contributed by atoms with Crippen LogP contribution in [0.5, 0.6) is 0 Å². The number of carbonyl (C=O) groups excluding carboxylic acids is 1. The van der Waals surface area contributed by atoms with E-state index >= 15 is 0 Å². The molecule has 2 heterocycles. The van der Waals surface area contributed by atoms with Crippen molar-refractivity contribution in [3.05, 3.63) is 28.2 Å². The van der Waals surface area contributed by atoms with E-state index in [1.165, 1.54) is 29.5 Å². The Balaban J connectivity index is 1.67. The molecule has 0 unspecified atom stereocenters. The highest BCUT2D eigenvalue weighted by Crippen LogP contribution is 2.35. The largest absolute Gasteiger partial charge is 0.369 e. The number of anilines is 2. The van der Waals surface area contributed by atoms with Gasteiger partial charge < -0.3 is 10.2 Å². The molecular weight excluding hydrogens is 364 g/mol. The van der Waals surface area contributed by atoms with Crippen LogP contribution in [0.15, 0.2) is 22.5 Å². The number of halogens is 1. The molecule has 1 aromatic heterocycles. The molecule has 1 aromatic carbocycles. The zero-order chi connectivity index (χ0) is 16.9. The lowest BCUT2D eigenvalue weighted by atomic mass is 10.1. The Hall–Kier alpha value is -1.31. The number of aryl methyl sites for hydroxylation is 1. The topological polar surface area (TPSA) is 58.1 Å². The molecule has 5 nitrogen and oxygen atoms in total. The fourth-order valence-electron chi connectivity index (χ4n) is 2.71. The Morgan fingerprint density at radius 1 is 1.33 bits per heavy atom. The molecule has 3 rings (SSSR count). The second kappa shape index (κ2) is 8.18. The molecule has 128 valence electrons. The molecule has 1 amide bonds. The zero-order valence-electron chi connectivity index (χ0n) is 13.4. The van der Waals surface area contributed by atoms with Crippen molar-refractivity contribution in [3.63, 3.8) is 0 Å².